The average Bonchev–Trinajstić information content (AvgIpc) is 2.58. The van der Waals surface area contributed by atoms with Crippen molar-refractivity contribution in [1.29, 1.82) is 0 Å². The summed E-state index contributed by atoms with van der Waals surface area (Å²) in [5.41, 5.74) is 3.22. The lowest BCUT2D eigenvalue weighted by Gasteiger charge is -2.13. The molecule has 96 valence electrons. The van der Waals surface area contributed by atoms with Gasteiger partial charge in [-0.1, -0.05) is 46.3 Å². The number of anilines is 1. The third-order valence-corrected chi connectivity index (χ3v) is 4.04. The molecule has 2 nitrogen and oxygen atoms in total. The van der Waals surface area contributed by atoms with E-state index in [1.54, 1.807) is 0 Å². The van der Waals surface area contributed by atoms with Gasteiger partial charge in [0.25, 0.3) is 0 Å². The van der Waals surface area contributed by atoms with Crippen molar-refractivity contribution in [2.75, 3.05) is 5.32 Å². The molecule has 1 aliphatic heterocycles. The molecule has 0 fully saturated rings. The molecule has 0 saturated heterocycles. The van der Waals surface area contributed by atoms with Crippen LogP contribution in [0.25, 0.3) is 0 Å². The highest BCUT2D eigenvalue weighted by molar-refractivity contribution is 9.10. The molecule has 1 heterocycles. The molecular weight excluding hydrogens is 302 g/mol. The summed E-state index contributed by atoms with van der Waals surface area (Å²) in [4.78, 5) is 12.3. The highest BCUT2D eigenvalue weighted by Crippen LogP contribution is 2.31. The number of aryl methyl sites for hydroxylation is 1. The van der Waals surface area contributed by atoms with Crippen LogP contribution in [0.3, 0.4) is 0 Å². The van der Waals surface area contributed by atoms with Crippen LogP contribution < -0.4 is 5.32 Å². The van der Waals surface area contributed by atoms with Crippen molar-refractivity contribution in [2.24, 2.45) is 0 Å². The lowest BCUT2D eigenvalue weighted by molar-refractivity contribution is -0.117. The van der Waals surface area contributed by atoms with E-state index >= 15 is 0 Å². The minimum atomic E-state index is -0.0626. The molecule has 1 amide bonds. The summed E-state index contributed by atoms with van der Waals surface area (Å²) in [5, 5.41) is 3.04. The Hall–Kier alpha value is -1.61. The van der Waals surface area contributed by atoms with Crippen LogP contribution in [0.2, 0.25) is 0 Å². The number of nitrogens with one attached hydrogen (secondary N) is 1. The molecule has 1 unspecified atom stereocenters. The van der Waals surface area contributed by atoms with Crippen molar-refractivity contribution in [3.8, 4) is 0 Å². The molecule has 3 rings (SSSR count). The van der Waals surface area contributed by atoms with Crippen LogP contribution in [0.4, 0.5) is 5.69 Å². The molecule has 1 aliphatic rings. The first-order valence-electron chi connectivity index (χ1n) is 6.38. The fourth-order valence-corrected chi connectivity index (χ4v) is 2.95. The van der Waals surface area contributed by atoms with Gasteiger partial charge in [0, 0.05) is 10.2 Å². The van der Waals surface area contributed by atoms with E-state index in [1.807, 2.05) is 42.5 Å². The largest absolute Gasteiger partial charge is 0.325 e. The predicted molar refractivity (Wildman–Crippen MR) is 80.3 cm³/mol. The second-order valence-electron chi connectivity index (χ2n) is 4.79. The summed E-state index contributed by atoms with van der Waals surface area (Å²) in [6.45, 7) is 0. The van der Waals surface area contributed by atoms with Gasteiger partial charge in [-0.05, 0) is 42.2 Å². The lowest BCUT2D eigenvalue weighted by atomic mass is 9.93. The maximum absolute atomic E-state index is 12.3. The molecule has 3 heteroatoms. The Kier molecular flexibility index (Phi) is 3.38. The molecule has 19 heavy (non-hydrogen) atoms. The van der Waals surface area contributed by atoms with Crippen molar-refractivity contribution in [1.82, 2.24) is 0 Å². The van der Waals surface area contributed by atoms with E-state index in [0.717, 1.165) is 28.6 Å². The Bertz CT molecular complexity index is 609. The van der Waals surface area contributed by atoms with E-state index < -0.39 is 0 Å². The molecule has 2 aromatic carbocycles. The topological polar surface area (TPSA) is 29.1 Å². The fraction of sp³-hybridized carbons (Fsp3) is 0.188. The lowest BCUT2D eigenvalue weighted by Crippen LogP contribution is -2.19. The van der Waals surface area contributed by atoms with Crippen LogP contribution in [0.15, 0.2) is 53.0 Å². The molecule has 0 radical (unpaired) electrons. The summed E-state index contributed by atoms with van der Waals surface area (Å²) in [5.74, 6) is 0.0275. The third-order valence-electron chi connectivity index (χ3n) is 3.55. The van der Waals surface area contributed by atoms with Crippen molar-refractivity contribution in [3.05, 3.63) is 64.1 Å². The third kappa shape index (κ3) is 2.56. The molecule has 2 aromatic rings. The van der Waals surface area contributed by atoms with Gasteiger partial charge < -0.3 is 5.32 Å². The molecular formula is C16H14BrNO. The Morgan fingerprint density at radius 2 is 1.89 bits per heavy atom. The Morgan fingerprint density at radius 1 is 1.11 bits per heavy atom. The number of hydrogen-bond donors (Lipinski definition) is 1. The van der Waals surface area contributed by atoms with E-state index in [2.05, 4.69) is 27.3 Å². The standard InChI is InChI=1S/C16H14BrNO/c17-13-7-9-15-12(10-13)6-8-14(16(19)18-15)11-4-2-1-3-5-11/h1-5,7,9-10,14H,6,8H2,(H,18,19). The Morgan fingerprint density at radius 3 is 2.68 bits per heavy atom. The number of rotatable bonds is 1. The summed E-state index contributed by atoms with van der Waals surface area (Å²) in [6.07, 6.45) is 1.76. The number of halogens is 1. The SMILES string of the molecule is O=C1Nc2ccc(Br)cc2CCC1c1ccccc1. The van der Waals surface area contributed by atoms with Gasteiger partial charge in [0.2, 0.25) is 5.91 Å². The molecule has 1 atom stereocenters. The summed E-state index contributed by atoms with van der Waals surface area (Å²) >= 11 is 3.48. The summed E-state index contributed by atoms with van der Waals surface area (Å²) in [6, 6.07) is 16.0. The molecule has 0 spiro atoms. The zero-order chi connectivity index (χ0) is 13.2. The maximum atomic E-state index is 12.3. The van der Waals surface area contributed by atoms with Gasteiger partial charge in [0.1, 0.15) is 0 Å². The zero-order valence-electron chi connectivity index (χ0n) is 10.4. The number of benzene rings is 2. The summed E-state index contributed by atoms with van der Waals surface area (Å²) < 4.78 is 1.05. The van der Waals surface area contributed by atoms with Gasteiger partial charge >= 0.3 is 0 Å². The predicted octanol–water partition coefficient (Wildman–Crippen LogP) is 4.12. The highest BCUT2D eigenvalue weighted by atomic mass is 79.9. The van der Waals surface area contributed by atoms with Crippen LogP contribution >= 0.6 is 15.9 Å². The smallest absolute Gasteiger partial charge is 0.231 e. The van der Waals surface area contributed by atoms with Crippen LogP contribution in [0.1, 0.15) is 23.5 Å². The number of fused-ring (bicyclic) bond motifs is 1. The monoisotopic (exact) mass is 315 g/mol. The van der Waals surface area contributed by atoms with Crippen LogP contribution in [0, 0.1) is 0 Å². The van der Waals surface area contributed by atoms with E-state index in [0.29, 0.717) is 0 Å². The van der Waals surface area contributed by atoms with Crippen molar-refractivity contribution in [3.63, 3.8) is 0 Å². The molecule has 0 aliphatic carbocycles. The maximum Gasteiger partial charge on any atom is 0.231 e. The van der Waals surface area contributed by atoms with Gasteiger partial charge in [-0.15, -0.1) is 0 Å². The van der Waals surface area contributed by atoms with Crippen LogP contribution in [-0.2, 0) is 11.2 Å². The number of hydrogen-bond acceptors (Lipinski definition) is 1. The number of carbonyl (C=O) groups is 1. The first-order chi connectivity index (χ1) is 9.24. The zero-order valence-corrected chi connectivity index (χ0v) is 12.0. The van der Waals surface area contributed by atoms with Gasteiger partial charge in [-0.3, -0.25) is 4.79 Å². The first-order valence-corrected chi connectivity index (χ1v) is 7.17. The van der Waals surface area contributed by atoms with Crippen molar-refractivity contribution < 1.29 is 4.79 Å². The highest BCUT2D eigenvalue weighted by Gasteiger charge is 2.24. The van der Waals surface area contributed by atoms with E-state index in [-0.39, 0.29) is 11.8 Å². The van der Waals surface area contributed by atoms with Gasteiger partial charge in [0.05, 0.1) is 5.92 Å². The minimum Gasteiger partial charge on any atom is -0.325 e. The molecule has 0 saturated carbocycles. The number of carbonyl (C=O) groups excluding carboxylic acids is 1. The van der Waals surface area contributed by atoms with Crippen LogP contribution in [0.5, 0.6) is 0 Å². The molecule has 0 aromatic heterocycles. The van der Waals surface area contributed by atoms with E-state index in [9.17, 15) is 4.79 Å². The quantitative estimate of drug-likeness (QED) is 0.842. The molecule has 1 N–H and O–H groups in total. The minimum absolute atomic E-state index is 0.0626. The average molecular weight is 316 g/mol. The van der Waals surface area contributed by atoms with Gasteiger partial charge in [-0.2, -0.15) is 0 Å². The second-order valence-corrected chi connectivity index (χ2v) is 5.71. The summed E-state index contributed by atoms with van der Waals surface area (Å²) in [7, 11) is 0. The Balaban J connectivity index is 1.92. The fourth-order valence-electron chi connectivity index (χ4n) is 2.55. The van der Waals surface area contributed by atoms with Gasteiger partial charge in [-0.25, -0.2) is 0 Å². The first kappa shape index (κ1) is 12.4. The van der Waals surface area contributed by atoms with Crippen molar-refractivity contribution in [2.45, 2.75) is 18.8 Å². The van der Waals surface area contributed by atoms with Crippen LogP contribution in [-0.4, -0.2) is 5.91 Å². The number of amides is 1. The second kappa shape index (κ2) is 5.17. The van der Waals surface area contributed by atoms with E-state index in [4.69, 9.17) is 0 Å². The normalized spacial score (nSPS) is 18.4. The Labute approximate surface area is 121 Å². The van der Waals surface area contributed by atoms with Gasteiger partial charge in [0.15, 0.2) is 0 Å². The molecule has 0 bridgehead atoms. The van der Waals surface area contributed by atoms with E-state index in [1.165, 1.54) is 5.56 Å². The van der Waals surface area contributed by atoms with Crippen molar-refractivity contribution >= 4 is 27.5 Å².